The number of hydrogen-bond acceptors (Lipinski definition) is 3. The summed E-state index contributed by atoms with van der Waals surface area (Å²) < 4.78 is 0. The van der Waals surface area contributed by atoms with Gasteiger partial charge in [-0.2, -0.15) is 0 Å². The second kappa shape index (κ2) is 6.15. The van der Waals surface area contributed by atoms with E-state index in [4.69, 9.17) is 0 Å². The summed E-state index contributed by atoms with van der Waals surface area (Å²) in [7, 11) is 0. The summed E-state index contributed by atoms with van der Waals surface area (Å²) in [6.07, 6.45) is 4.48. The summed E-state index contributed by atoms with van der Waals surface area (Å²) in [5, 5.41) is 3.48. The summed E-state index contributed by atoms with van der Waals surface area (Å²) in [6.45, 7) is 2.21. The van der Waals surface area contributed by atoms with E-state index in [0.29, 0.717) is 0 Å². The van der Waals surface area contributed by atoms with Crippen LogP contribution < -0.4 is 5.32 Å². The van der Waals surface area contributed by atoms with E-state index in [1.165, 1.54) is 31.4 Å². The van der Waals surface area contributed by atoms with Crippen LogP contribution in [0.3, 0.4) is 0 Å². The van der Waals surface area contributed by atoms with Gasteiger partial charge in [0.05, 0.1) is 0 Å². The number of thioether (sulfide) groups is 1. The lowest BCUT2D eigenvalue weighted by Crippen LogP contribution is -2.24. The quantitative estimate of drug-likeness (QED) is 0.628. The van der Waals surface area contributed by atoms with E-state index >= 15 is 0 Å². The Hall–Kier alpha value is -1.16. The zero-order valence-electron chi connectivity index (χ0n) is 12.7. The zero-order chi connectivity index (χ0) is 14.9. The molecule has 2 aliphatic heterocycles. The molecule has 0 radical (unpaired) electrons. The molecule has 3 heteroatoms. The van der Waals surface area contributed by atoms with E-state index in [0.717, 1.165) is 25.9 Å². The molecule has 22 heavy (non-hydrogen) atoms. The smallest absolute Gasteiger partial charge is 0.0202 e. The van der Waals surface area contributed by atoms with Crippen LogP contribution in [-0.4, -0.2) is 19.3 Å². The number of rotatable bonds is 1. The van der Waals surface area contributed by atoms with Gasteiger partial charge in [-0.15, -0.1) is 11.8 Å². The highest BCUT2D eigenvalue weighted by atomic mass is 32.2. The molecule has 1 saturated heterocycles. The number of nitrogens with one attached hydrogen (secondary N) is 1. The molecular weight excluding hydrogens is 306 g/mol. The third-order valence-electron chi connectivity index (χ3n) is 4.39. The molecule has 0 aliphatic carbocycles. The van der Waals surface area contributed by atoms with E-state index in [1.807, 2.05) is 23.5 Å². The first-order chi connectivity index (χ1) is 10.9. The lowest BCUT2D eigenvalue weighted by Gasteiger charge is -2.27. The van der Waals surface area contributed by atoms with Crippen molar-refractivity contribution >= 4 is 29.1 Å². The molecule has 1 N–H and O–H groups in total. The molecule has 0 amide bonds. The Labute approximate surface area is 140 Å². The van der Waals surface area contributed by atoms with Gasteiger partial charge >= 0.3 is 0 Å². The zero-order valence-corrected chi connectivity index (χ0v) is 14.3. The van der Waals surface area contributed by atoms with Crippen molar-refractivity contribution in [2.24, 2.45) is 0 Å². The van der Waals surface area contributed by atoms with Gasteiger partial charge < -0.3 is 5.32 Å². The Morgan fingerprint density at radius 1 is 0.955 bits per heavy atom. The summed E-state index contributed by atoms with van der Waals surface area (Å²) >= 11 is 3.74. The van der Waals surface area contributed by atoms with Crippen LogP contribution in [0.2, 0.25) is 0 Å². The van der Waals surface area contributed by atoms with E-state index in [1.54, 1.807) is 5.57 Å². The van der Waals surface area contributed by atoms with Crippen LogP contribution in [0, 0.1) is 0 Å². The first kappa shape index (κ1) is 14.4. The highest BCUT2D eigenvalue weighted by Crippen LogP contribution is 2.48. The minimum absolute atomic E-state index is 1.10. The SMILES string of the molecule is CSc1ccc2c(c1)C(=C1CCNCC1)c1ccccc1S2. The van der Waals surface area contributed by atoms with Gasteiger partial charge in [0.15, 0.2) is 0 Å². The fourth-order valence-corrected chi connectivity index (χ4v) is 4.82. The average Bonchev–Trinajstić information content (AvgIpc) is 2.60. The molecule has 2 aromatic rings. The lowest BCUT2D eigenvalue weighted by atomic mass is 9.88. The third-order valence-corrected chi connectivity index (χ3v) is 6.27. The molecular formula is C19H19NS2. The summed E-state index contributed by atoms with van der Waals surface area (Å²) in [5.41, 5.74) is 5.98. The van der Waals surface area contributed by atoms with E-state index < -0.39 is 0 Å². The number of benzene rings is 2. The van der Waals surface area contributed by atoms with Crippen molar-refractivity contribution in [2.75, 3.05) is 19.3 Å². The first-order valence-corrected chi connectivity index (χ1v) is 9.79. The predicted octanol–water partition coefficient (Wildman–Crippen LogP) is 5.06. The van der Waals surface area contributed by atoms with Gasteiger partial charge in [0.1, 0.15) is 0 Å². The van der Waals surface area contributed by atoms with Gasteiger partial charge in [-0.3, -0.25) is 0 Å². The van der Waals surface area contributed by atoms with Crippen LogP contribution in [-0.2, 0) is 0 Å². The summed E-state index contributed by atoms with van der Waals surface area (Å²) in [4.78, 5) is 4.15. The number of piperidine rings is 1. The van der Waals surface area contributed by atoms with Crippen LogP contribution in [0.25, 0.3) is 5.57 Å². The molecule has 1 fully saturated rings. The Balaban J connectivity index is 1.95. The Kier molecular flexibility index (Phi) is 4.03. The number of fused-ring (bicyclic) bond motifs is 2. The lowest BCUT2D eigenvalue weighted by molar-refractivity contribution is 0.611. The number of hydrogen-bond donors (Lipinski definition) is 1. The monoisotopic (exact) mass is 325 g/mol. The molecule has 0 bridgehead atoms. The van der Waals surface area contributed by atoms with Gasteiger partial charge in [-0.25, -0.2) is 0 Å². The molecule has 1 nitrogen and oxygen atoms in total. The van der Waals surface area contributed by atoms with Crippen molar-refractivity contribution in [3.63, 3.8) is 0 Å². The minimum atomic E-state index is 1.10. The highest BCUT2D eigenvalue weighted by Gasteiger charge is 2.24. The largest absolute Gasteiger partial charge is 0.316 e. The molecule has 0 saturated carbocycles. The minimum Gasteiger partial charge on any atom is -0.316 e. The average molecular weight is 326 g/mol. The van der Waals surface area contributed by atoms with Crippen molar-refractivity contribution in [1.29, 1.82) is 0 Å². The molecule has 2 heterocycles. The molecule has 0 atom stereocenters. The first-order valence-electron chi connectivity index (χ1n) is 7.75. The third kappa shape index (κ3) is 2.51. The van der Waals surface area contributed by atoms with Crippen molar-refractivity contribution in [3.05, 3.63) is 59.2 Å². The van der Waals surface area contributed by atoms with Gasteiger partial charge in [-0.1, -0.05) is 35.5 Å². The highest BCUT2D eigenvalue weighted by molar-refractivity contribution is 7.99. The van der Waals surface area contributed by atoms with E-state index in [2.05, 4.69) is 54.0 Å². The normalized spacial score (nSPS) is 17.1. The van der Waals surface area contributed by atoms with E-state index in [-0.39, 0.29) is 0 Å². The van der Waals surface area contributed by atoms with Crippen LogP contribution in [0.4, 0.5) is 0 Å². The maximum atomic E-state index is 3.48. The molecule has 0 unspecified atom stereocenters. The summed E-state index contributed by atoms with van der Waals surface area (Å²) in [6, 6.07) is 15.8. The van der Waals surface area contributed by atoms with Crippen LogP contribution in [0.5, 0.6) is 0 Å². The summed E-state index contributed by atoms with van der Waals surface area (Å²) in [5.74, 6) is 0. The molecule has 2 aliphatic rings. The van der Waals surface area contributed by atoms with Crippen LogP contribution in [0.15, 0.2) is 62.7 Å². The van der Waals surface area contributed by atoms with E-state index in [9.17, 15) is 0 Å². The maximum absolute atomic E-state index is 3.48. The van der Waals surface area contributed by atoms with Crippen molar-refractivity contribution in [3.8, 4) is 0 Å². The predicted molar refractivity (Wildman–Crippen MR) is 96.9 cm³/mol. The molecule has 2 aromatic carbocycles. The fourth-order valence-electron chi connectivity index (χ4n) is 3.31. The molecule has 4 rings (SSSR count). The Morgan fingerprint density at radius 3 is 2.55 bits per heavy atom. The van der Waals surface area contributed by atoms with Crippen molar-refractivity contribution < 1.29 is 0 Å². The second-order valence-corrected chi connectivity index (χ2v) is 7.65. The van der Waals surface area contributed by atoms with Crippen molar-refractivity contribution in [2.45, 2.75) is 27.5 Å². The molecule has 0 aromatic heterocycles. The van der Waals surface area contributed by atoms with Crippen molar-refractivity contribution in [1.82, 2.24) is 5.32 Å². The second-order valence-electron chi connectivity index (χ2n) is 5.69. The fraction of sp³-hybridized carbons (Fsp3) is 0.263. The molecule has 112 valence electrons. The molecule has 0 spiro atoms. The van der Waals surface area contributed by atoms with Crippen LogP contribution >= 0.6 is 23.5 Å². The topological polar surface area (TPSA) is 12.0 Å². The van der Waals surface area contributed by atoms with Gasteiger partial charge in [0, 0.05) is 14.7 Å². The maximum Gasteiger partial charge on any atom is 0.0202 e. The van der Waals surface area contributed by atoms with Gasteiger partial charge in [-0.05, 0) is 73.2 Å². The Bertz CT molecular complexity index is 741. The standard InChI is InChI=1S/C19H19NS2/c1-21-14-6-7-18-16(12-14)19(13-8-10-20-11-9-13)15-4-2-3-5-17(15)22-18/h2-7,12,20H,8-11H2,1H3. The Morgan fingerprint density at radius 2 is 1.73 bits per heavy atom. The van der Waals surface area contributed by atoms with Gasteiger partial charge in [0.25, 0.3) is 0 Å². The van der Waals surface area contributed by atoms with Crippen LogP contribution in [0.1, 0.15) is 24.0 Å². The van der Waals surface area contributed by atoms with Gasteiger partial charge in [0.2, 0.25) is 0 Å².